The van der Waals surface area contributed by atoms with Crippen molar-refractivity contribution >= 4 is 0 Å². The smallest absolute Gasteiger partial charge is 0.139 e. The van der Waals surface area contributed by atoms with E-state index in [1.165, 1.54) is 0 Å². The Kier molecular flexibility index (Phi) is 6.01. The molecule has 0 aromatic carbocycles. The first-order valence-corrected chi connectivity index (χ1v) is 7.55. The largest absolute Gasteiger partial charge is 0.383 e. The molecule has 0 bridgehead atoms. The quantitative estimate of drug-likeness (QED) is 0.787. The van der Waals surface area contributed by atoms with Crippen LogP contribution in [-0.2, 0) is 6.54 Å². The fourth-order valence-corrected chi connectivity index (χ4v) is 3.19. The molecule has 1 atom stereocenters. The van der Waals surface area contributed by atoms with Gasteiger partial charge in [-0.2, -0.15) is 0 Å². The van der Waals surface area contributed by atoms with Crippen molar-refractivity contribution in [2.45, 2.75) is 65.6 Å². The molecule has 0 fully saturated rings. The summed E-state index contributed by atoms with van der Waals surface area (Å²) in [5, 5.41) is 10.9. The highest BCUT2D eigenvalue weighted by atomic mass is 16.3. The van der Waals surface area contributed by atoms with E-state index in [0.29, 0.717) is 0 Å². The summed E-state index contributed by atoms with van der Waals surface area (Å²) in [6.45, 7) is 13.4. The van der Waals surface area contributed by atoms with Crippen LogP contribution in [0.3, 0.4) is 0 Å². The second kappa shape index (κ2) is 7.06. The van der Waals surface area contributed by atoms with Gasteiger partial charge >= 0.3 is 0 Å². The molecule has 1 aromatic heterocycles. The fourth-order valence-electron chi connectivity index (χ4n) is 3.19. The van der Waals surface area contributed by atoms with E-state index in [1.54, 1.807) is 6.20 Å². The molecule has 0 saturated carbocycles. The SMILES string of the molecule is CCN(CC)C(CC)(CC)C(O)c1nccn1CC. The Morgan fingerprint density at radius 1 is 1.21 bits per heavy atom. The third-order valence-electron chi connectivity index (χ3n) is 4.46. The van der Waals surface area contributed by atoms with E-state index in [4.69, 9.17) is 0 Å². The van der Waals surface area contributed by atoms with Gasteiger partial charge in [-0.25, -0.2) is 4.98 Å². The number of aliphatic hydroxyl groups excluding tert-OH is 1. The van der Waals surface area contributed by atoms with Gasteiger partial charge in [0.05, 0.1) is 5.54 Å². The molecule has 1 heterocycles. The molecule has 19 heavy (non-hydrogen) atoms. The van der Waals surface area contributed by atoms with Crippen molar-refractivity contribution in [3.63, 3.8) is 0 Å². The van der Waals surface area contributed by atoms with E-state index in [0.717, 1.165) is 38.3 Å². The molecule has 1 unspecified atom stereocenters. The van der Waals surface area contributed by atoms with Crippen molar-refractivity contribution in [2.75, 3.05) is 13.1 Å². The summed E-state index contributed by atoms with van der Waals surface area (Å²) in [7, 11) is 0. The van der Waals surface area contributed by atoms with Gasteiger partial charge in [0.2, 0.25) is 0 Å². The van der Waals surface area contributed by atoms with Gasteiger partial charge in [-0.3, -0.25) is 4.90 Å². The van der Waals surface area contributed by atoms with E-state index < -0.39 is 6.10 Å². The Hall–Kier alpha value is -0.870. The van der Waals surface area contributed by atoms with E-state index in [2.05, 4.69) is 44.5 Å². The first-order chi connectivity index (χ1) is 9.11. The first-order valence-electron chi connectivity index (χ1n) is 7.55. The van der Waals surface area contributed by atoms with Crippen molar-refractivity contribution in [1.82, 2.24) is 14.5 Å². The van der Waals surface area contributed by atoms with Crippen molar-refractivity contribution < 1.29 is 5.11 Å². The summed E-state index contributed by atoms with van der Waals surface area (Å²) in [4.78, 5) is 6.75. The minimum Gasteiger partial charge on any atom is -0.383 e. The normalized spacial score (nSPS) is 14.1. The number of aliphatic hydroxyl groups is 1. The zero-order valence-electron chi connectivity index (χ0n) is 13.1. The summed E-state index contributed by atoms with van der Waals surface area (Å²) in [6, 6.07) is 0. The van der Waals surface area contributed by atoms with Crippen LogP contribution in [-0.4, -0.2) is 38.2 Å². The molecule has 0 aliphatic heterocycles. The minimum atomic E-state index is -0.544. The predicted molar refractivity (Wildman–Crippen MR) is 79.1 cm³/mol. The monoisotopic (exact) mass is 267 g/mol. The zero-order valence-corrected chi connectivity index (χ0v) is 13.1. The highest BCUT2D eigenvalue weighted by Crippen LogP contribution is 2.36. The molecule has 1 rings (SSSR count). The molecule has 0 radical (unpaired) electrons. The number of likely N-dealkylation sites (N-methyl/N-ethyl adjacent to an activating group) is 1. The van der Waals surface area contributed by atoms with Crippen molar-refractivity contribution in [1.29, 1.82) is 0 Å². The highest BCUT2D eigenvalue weighted by Gasteiger charge is 2.41. The maximum atomic E-state index is 10.9. The average molecular weight is 267 g/mol. The molecule has 1 N–H and O–H groups in total. The van der Waals surface area contributed by atoms with Crippen LogP contribution < -0.4 is 0 Å². The number of hydrogen-bond acceptors (Lipinski definition) is 3. The Morgan fingerprint density at radius 3 is 2.21 bits per heavy atom. The summed E-state index contributed by atoms with van der Waals surface area (Å²) in [5.41, 5.74) is -0.220. The number of nitrogens with zero attached hydrogens (tertiary/aromatic N) is 3. The van der Waals surface area contributed by atoms with Crippen LogP contribution in [0.2, 0.25) is 0 Å². The Labute approximate surface area is 117 Å². The zero-order chi connectivity index (χ0) is 14.5. The van der Waals surface area contributed by atoms with Crippen molar-refractivity contribution in [3.8, 4) is 0 Å². The second-order valence-corrected chi connectivity index (χ2v) is 4.96. The van der Waals surface area contributed by atoms with Crippen LogP contribution in [0.4, 0.5) is 0 Å². The summed E-state index contributed by atoms with van der Waals surface area (Å²) >= 11 is 0. The van der Waals surface area contributed by atoms with Crippen LogP contribution in [0.15, 0.2) is 12.4 Å². The summed E-state index contributed by atoms with van der Waals surface area (Å²) in [6.07, 6.45) is 5.01. The molecule has 1 aromatic rings. The standard InChI is InChI=1S/C15H29N3O/c1-6-15(7-2,18(9-4)10-5)13(19)14-16-11-12-17(14)8-3/h11-13,19H,6-10H2,1-5H3. The Bertz CT molecular complexity index is 367. The topological polar surface area (TPSA) is 41.3 Å². The fraction of sp³-hybridized carbons (Fsp3) is 0.800. The number of aromatic nitrogens is 2. The third kappa shape index (κ3) is 2.84. The maximum absolute atomic E-state index is 10.9. The van der Waals surface area contributed by atoms with Gasteiger partial charge in [0.1, 0.15) is 11.9 Å². The van der Waals surface area contributed by atoms with Gasteiger partial charge in [0, 0.05) is 18.9 Å². The van der Waals surface area contributed by atoms with Crippen molar-refractivity contribution in [3.05, 3.63) is 18.2 Å². The van der Waals surface area contributed by atoms with Gasteiger partial charge < -0.3 is 9.67 Å². The molecule has 0 spiro atoms. The molecule has 0 aliphatic rings. The van der Waals surface area contributed by atoms with E-state index in [9.17, 15) is 5.11 Å². The van der Waals surface area contributed by atoms with E-state index in [1.807, 2.05) is 10.8 Å². The lowest BCUT2D eigenvalue weighted by atomic mass is 9.83. The second-order valence-electron chi connectivity index (χ2n) is 4.96. The Balaban J connectivity index is 3.18. The minimum absolute atomic E-state index is 0.220. The molecule has 0 aliphatic carbocycles. The summed E-state index contributed by atoms with van der Waals surface area (Å²) < 4.78 is 2.04. The number of rotatable bonds is 8. The summed E-state index contributed by atoms with van der Waals surface area (Å²) in [5.74, 6) is 0.790. The lowest BCUT2D eigenvalue weighted by Gasteiger charge is -2.45. The average Bonchev–Trinajstić information content (AvgIpc) is 2.92. The van der Waals surface area contributed by atoms with E-state index in [-0.39, 0.29) is 5.54 Å². The van der Waals surface area contributed by atoms with Crippen LogP contribution in [0.1, 0.15) is 59.4 Å². The van der Waals surface area contributed by atoms with Crippen molar-refractivity contribution in [2.24, 2.45) is 0 Å². The third-order valence-corrected chi connectivity index (χ3v) is 4.46. The predicted octanol–water partition coefficient (Wildman–Crippen LogP) is 2.84. The lowest BCUT2D eigenvalue weighted by molar-refractivity contribution is -0.0424. The number of hydrogen-bond donors (Lipinski definition) is 1. The molecule has 4 heteroatoms. The van der Waals surface area contributed by atoms with Gasteiger partial charge in [0.25, 0.3) is 0 Å². The van der Waals surface area contributed by atoms with Gasteiger partial charge in [-0.1, -0.05) is 27.7 Å². The highest BCUT2D eigenvalue weighted by molar-refractivity contribution is 5.07. The molecule has 110 valence electrons. The van der Waals surface area contributed by atoms with Crippen LogP contribution in [0, 0.1) is 0 Å². The number of imidazole rings is 1. The lowest BCUT2D eigenvalue weighted by Crippen LogP contribution is -2.52. The number of aryl methyl sites for hydroxylation is 1. The van der Waals surface area contributed by atoms with Crippen LogP contribution >= 0.6 is 0 Å². The van der Waals surface area contributed by atoms with Crippen LogP contribution in [0.5, 0.6) is 0 Å². The molecular formula is C15H29N3O. The first kappa shape index (κ1) is 16.2. The molecular weight excluding hydrogens is 238 g/mol. The van der Waals surface area contributed by atoms with Gasteiger partial charge in [0.15, 0.2) is 0 Å². The maximum Gasteiger partial charge on any atom is 0.139 e. The van der Waals surface area contributed by atoms with E-state index >= 15 is 0 Å². The molecule has 0 amide bonds. The Morgan fingerprint density at radius 2 is 1.79 bits per heavy atom. The molecule has 4 nitrogen and oxygen atoms in total. The van der Waals surface area contributed by atoms with Gasteiger partial charge in [-0.15, -0.1) is 0 Å². The molecule has 0 saturated heterocycles. The van der Waals surface area contributed by atoms with Gasteiger partial charge in [-0.05, 0) is 32.9 Å². The van der Waals surface area contributed by atoms with Crippen LogP contribution in [0.25, 0.3) is 0 Å².